The van der Waals surface area contributed by atoms with Crippen molar-refractivity contribution in [1.82, 2.24) is 39.8 Å². The molecule has 20 heteroatoms. The number of hydrogen-bond acceptors (Lipinski definition) is 13. The van der Waals surface area contributed by atoms with Gasteiger partial charge in [0, 0.05) is 56.1 Å². The zero-order valence-corrected chi connectivity index (χ0v) is 34.5. The minimum absolute atomic E-state index is 0.00150. The Hall–Kier alpha value is -6.74. The highest BCUT2D eigenvalue weighted by Gasteiger charge is 2.27. The van der Waals surface area contributed by atoms with E-state index in [1.807, 2.05) is 35.0 Å². The van der Waals surface area contributed by atoms with Crippen molar-refractivity contribution in [2.75, 3.05) is 38.6 Å². The number of carbonyl (C=O) groups excluding carboxylic acids is 3. The van der Waals surface area contributed by atoms with E-state index in [1.54, 1.807) is 55.0 Å². The fourth-order valence-corrected chi connectivity index (χ4v) is 8.17. The molecule has 2 aromatic heterocycles. The maximum absolute atomic E-state index is 13.4. The van der Waals surface area contributed by atoms with Crippen LogP contribution in [0.2, 0.25) is 0 Å². The zero-order chi connectivity index (χ0) is 43.2. The molecule has 4 aromatic carbocycles. The van der Waals surface area contributed by atoms with Gasteiger partial charge in [-0.2, -0.15) is 9.82 Å². The largest absolute Gasteiger partial charge is 0.468 e. The summed E-state index contributed by atoms with van der Waals surface area (Å²) in [7, 11) is -7.08. The van der Waals surface area contributed by atoms with E-state index >= 15 is 0 Å². The van der Waals surface area contributed by atoms with Gasteiger partial charge in [-0.05, 0) is 71.6 Å². The van der Waals surface area contributed by atoms with Crippen molar-refractivity contribution in [3.05, 3.63) is 133 Å². The second-order valence-corrected chi connectivity index (χ2v) is 16.8. The van der Waals surface area contributed by atoms with Gasteiger partial charge in [-0.3, -0.25) is 14.3 Å². The third kappa shape index (κ3) is 12.2. The second kappa shape index (κ2) is 20.5. The minimum Gasteiger partial charge on any atom is -0.468 e. The molecule has 1 atom stereocenters. The van der Waals surface area contributed by atoms with Crippen LogP contribution in [0.5, 0.6) is 0 Å². The van der Waals surface area contributed by atoms with Crippen molar-refractivity contribution in [3.8, 4) is 11.1 Å². The molecule has 2 heterocycles. The van der Waals surface area contributed by atoms with Crippen LogP contribution in [0, 0.1) is 0 Å². The Morgan fingerprint density at radius 1 is 0.754 bits per heavy atom. The maximum atomic E-state index is 13.4. The van der Waals surface area contributed by atoms with E-state index in [1.165, 1.54) is 36.4 Å². The van der Waals surface area contributed by atoms with Crippen molar-refractivity contribution in [3.63, 3.8) is 0 Å². The van der Waals surface area contributed by atoms with Gasteiger partial charge in [0.25, 0.3) is 5.91 Å². The van der Waals surface area contributed by atoms with Crippen molar-refractivity contribution < 1.29 is 40.7 Å². The molecule has 0 spiro atoms. The standard InChI is InChI=1S/C41H43N9O9S2/c1-58-39(52)36(27-46-38(51)32-13-18-37-33(25-32)26-47-50(37)24-6-21-44-40-42-19-5-20-43-40)49-61(56,57)35-16-11-31(12-17-35)30-9-14-34(15-10-30)60(54,55)48-23-22-45-41(53)59-28-29-7-3-2-4-8-29/h2-5,7-20,25-26,36,48-49H,6,21-24,27-28H2,1H3,(H,45,53)(H,46,51)(H,42,43,44)/t36-/m0/s1. The number of aromatic nitrogens is 4. The summed E-state index contributed by atoms with van der Waals surface area (Å²) in [6.07, 6.45) is 5.02. The number of sulfonamides is 2. The molecule has 0 fully saturated rings. The van der Waals surface area contributed by atoms with E-state index in [0.29, 0.717) is 30.2 Å². The summed E-state index contributed by atoms with van der Waals surface area (Å²) in [5.74, 6) is -0.910. The number of rotatable bonds is 20. The Morgan fingerprint density at radius 2 is 1.43 bits per heavy atom. The molecule has 2 amide bonds. The minimum atomic E-state index is -4.28. The van der Waals surface area contributed by atoms with Crippen LogP contribution in [0.15, 0.2) is 132 Å². The Balaban J connectivity index is 0.983. The summed E-state index contributed by atoms with van der Waals surface area (Å²) in [5.41, 5.74) is 3.11. The fraction of sp³-hybridized carbons (Fsp3) is 0.220. The molecule has 0 radical (unpaired) electrons. The molecule has 5 N–H and O–H groups in total. The molecule has 0 saturated carbocycles. The summed E-state index contributed by atoms with van der Waals surface area (Å²) in [5, 5.41) is 13.4. The molecule has 0 aliphatic rings. The molecule has 0 aliphatic heterocycles. The second-order valence-electron chi connectivity index (χ2n) is 13.3. The fourth-order valence-electron chi connectivity index (χ4n) is 5.95. The van der Waals surface area contributed by atoms with E-state index in [2.05, 4.69) is 40.5 Å². The molecule has 61 heavy (non-hydrogen) atoms. The third-order valence-electron chi connectivity index (χ3n) is 9.11. The highest BCUT2D eigenvalue weighted by Crippen LogP contribution is 2.23. The molecule has 6 aromatic rings. The first-order valence-corrected chi connectivity index (χ1v) is 21.9. The molecule has 0 saturated heterocycles. The van der Waals surface area contributed by atoms with Gasteiger partial charge in [0.05, 0.1) is 28.6 Å². The molecular weight excluding hydrogens is 827 g/mol. The van der Waals surface area contributed by atoms with Crippen molar-refractivity contribution in [2.24, 2.45) is 0 Å². The van der Waals surface area contributed by atoms with Gasteiger partial charge in [0.1, 0.15) is 12.6 Å². The van der Waals surface area contributed by atoms with Gasteiger partial charge in [0.15, 0.2) is 0 Å². The summed E-state index contributed by atoms with van der Waals surface area (Å²) in [6.45, 7) is 0.842. The van der Waals surface area contributed by atoms with Crippen LogP contribution in [-0.2, 0) is 47.5 Å². The van der Waals surface area contributed by atoms with Gasteiger partial charge in [0.2, 0.25) is 26.0 Å². The summed E-state index contributed by atoms with van der Waals surface area (Å²) >= 11 is 0. The number of nitrogens with zero attached hydrogens (tertiary/aromatic N) is 4. The number of methoxy groups -OCH3 is 1. The zero-order valence-electron chi connectivity index (χ0n) is 32.9. The van der Waals surface area contributed by atoms with E-state index in [-0.39, 0.29) is 35.1 Å². The van der Waals surface area contributed by atoms with Crippen LogP contribution in [0.3, 0.4) is 0 Å². The number of carbonyl (C=O) groups is 3. The molecule has 318 valence electrons. The smallest absolute Gasteiger partial charge is 0.407 e. The Kier molecular flexibility index (Phi) is 14.7. The molecule has 0 unspecified atom stereocenters. The lowest BCUT2D eigenvalue weighted by Gasteiger charge is -2.17. The van der Waals surface area contributed by atoms with Crippen molar-refractivity contribution in [1.29, 1.82) is 0 Å². The van der Waals surface area contributed by atoms with Crippen LogP contribution in [0.25, 0.3) is 22.0 Å². The monoisotopic (exact) mass is 869 g/mol. The number of amides is 2. The summed E-state index contributed by atoms with van der Waals surface area (Å²) < 4.78 is 68.9. The Morgan fingerprint density at radius 3 is 2.10 bits per heavy atom. The van der Waals surface area contributed by atoms with Gasteiger partial charge in [-0.25, -0.2) is 36.3 Å². The van der Waals surface area contributed by atoms with Crippen LogP contribution < -0.4 is 25.4 Å². The quantitative estimate of drug-likeness (QED) is 0.0546. The Labute approximate surface area is 352 Å². The average molecular weight is 870 g/mol. The summed E-state index contributed by atoms with van der Waals surface area (Å²) in [6, 6.07) is 26.1. The molecule has 6 rings (SSSR count). The predicted molar refractivity (Wildman–Crippen MR) is 225 cm³/mol. The topological polar surface area (TPSA) is 242 Å². The molecular formula is C41H43N9O9S2. The van der Waals surface area contributed by atoms with Crippen molar-refractivity contribution >= 4 is 54.9 Å². The average Bonchev–Trinajstić information content (AvgIpc) is 3.69. The molecule has 18 nitrogen and oxygen atoms in total. The number of fused-ring (bicyclic) bond motifs is 1. The van der Waals surface area contributed by atoms with Gasteiger partial charge in [-0.15, -0.1) is 0 Å². The van der Waals surface area contributed by atoms with E-state index in [4.69, 9.17) is 9.47 Å². The van der Waals surface area contributed by atoms with Gasteiger partial charge >= 0.3 is 12.1 Å². The first kappa shape index (κ1) is 43.8. The van der Waals surface area contributed by atoms with Crippen molar-refractivity contribution in [2.45, 2.75) is 35.4 Å². The van der Waals surface area contributed by atoms with Gasteiger partial charge < -0.3 is 25.4 Å². The maximum Gasteiger partial charge on any atom is 0.407 e. The Bertz CT molecular complexity index is 2650. The summed E-state index contributed by atoms with van der Waals surface area (Å²) in [4.78, 5) is 45.8. The van der Waals surface area contributed by atoms with Gasteiger partial charge in [-0.1, -0.05) is 54.6 Å². The molecule has 0 bridgehead atoms. The number of aryl methyl sites for hydroxylation is 1. The number of esters is 1. The van der Waals surface area contributed by atoms with Crippen LogP contribution in [0.4, 0.5) is 10.7 Å². The third-order valence-corrected chi connectivity index (χ3v) is 12.1. The first-order chi connectivity index (χ1) is 29.4. The first-order valence-electron chi connectivity index (χ1n) is 18.9. The predicted octanol–water partition coefficient (Wildman–Crippen LogP) is 3.45. The number of hydrogen-bond donors (Lipinski definition) is 5. The lowest BCUT2D eigenvalue weighted by Crippen LogP contribution is -2.48. The van der Waals surface area contributed by atoms with E-state index in [0.717, 1.165) is 30.0 Å². The number of nitrogens with one attached hydrogen (secondary N) is 5. The SMILES string of the molecule is COC(=O)[C@H](CNC(=O)c1ccc2c(cnn2CCCNc2ncccn2)c1)NS(=O)(=O)c1ccc(-c2ccc(S(=O)(=O)NCCNC(=O)OCc3ccccc3)cc2)cc1. The van der Waals surface area contributed by atoms with E-state index < -0.39 is 50.6 Å². The number of alkyl carbamates (subject to hydrolysis) is 1. The normalized spacial score (nSPS) is 12.0. The molecule has 0 aliphatic carbocycles. The highest BCUT2D eigenvalue weighted by molar-refractivity contribution is 7.89. The number of anilines is 1. The number of benzene rings is 4. The number of ether oxygens (including phenoxy) is 2. The highest BCUT2D eigenvalue weighted by atomic mass is 32.2. The van der Waals surface area contributed by atoms with Crippen LogP contribution in [0.1, 0.15) is 22.3 Å². The lowest BCUT2D eigenvalue weighted by atomic mass is 10.1. The lowest BCUT2D eigenvalue weighted by molar-refractivity contribution is -0.142. The van der Waals surface area contributed by atoms with Crippen LogP contribution in [-0.4, -0.2) is 93.9 Å². The van der Waals surface area contributed by atoms with E-state index in [9.17, 15) is 31.2 Å². The van der Waals surface area contributed by atoms with Crippen LogP contribution >= 0.6 is 0 Å².